The van der Waals surface area contributed by atoms with E-state index < -0.39 is 5.60 Å². The molecule has 4 atom stereocenters. The largest absolute Gasteiger partial charge is 0.364 e. The molecule has 102 valence electrons. The third-order valence-corrected chi connectivity index (χ3v) is 6.05. The summed E-state index contributed by atoms with van der Waals surface area (Å²) in [7, 11) is 0. The van der Waals surface area contributed by atoms with Gasteiger partial charge in [-0.15, -0.1) is 0 Å². The van der Waals surface area contributed by atoms with Crippen molar-refractivity contribution in [3.63, 3.8) is 0 Å². The lowest BCUT2D eigenvalue weighted by Crippen LogP contribution is -2.58. The standard InChI is InChI=1S/C15H25NO2/c1-12(2,3)16-11(17)15-8-10-6-7-14(15,5)13(10,4)9-18-15/h10H,6-9H2,1-5H3,(H,16,17). The SMILES string of the molecule is CC(C)(C)NC(=O)C12CC3CCC1(C)C3(C)CO2. The maximum Gasteiger partial charge on any atom is 0.253 e. The molecule has 3 fully saturated rings. The van der Waals surface area contributed by atoms with Crippen molar-refractivity contribution in [2.24, 2.45) is 16.7 Å². The van der Waals surface area contributed by atoms with Gasteiger partial charge in [0, 0.05) is 16.4 Å². The van der Waals surface area contributed by atoms with Crippen molar-refractivity contribution in [3.05, 3.63) is 0 Å². The van der Waals surface area contributed by atoms with E-state index in [0.29, 0.717) is 5.92 Å². The van der Waals surface area contributed by atoms with Crippen molar-refractivity contribution < 1.29 is 9.53 Å². The van der Waals surface area contributed by atoms with Crippen LogP contribution in [0.1, 0.15) is 53.9 Å². The first-order valence-electron chi connectivity index (χ1n) is 7.11. The average molecular weight is 251 g/mol. The van der Waals surface area contributed by atoms with Gasteiger partial charge < -0.3 is 10.1 Å². The van der Waals surface area contributed by atoms with Gasteiger partial charge in [-0.2, -0.15) is 0 Å². The zero-order chi connectivity index (χ0) is 13.4. The van der Waals surface area contributed by atoms with Gasteiger partial charge in [0.25, 0.3) is 5.91 Å². The van der Waals surface area contributed by atoms with Crippen LogP contribution in [0.15, 0.2) is 0 Å². The molecule has 3 aliphatic rings. The molecule has 3 nitrogen and oxygen atoms in total. The second-order valence-electron chi connectivity index (χ2n) is 8.01. The molecule has 1 heterocycles. The van der Waals surface area contributed by atoms with E-state index >= 15 is 0 Å². The van der Waals surface area contributed by atoms with Crippen molar-refractivity contribution in [1.29, 1.82) is 0 Å². The van der Waals surface area contributed by atoms with Crippen LogP contribution in [-0.4, -0.2) is 23.7 Å². The summed E-state index contributed by atoms with van der Waals surface area (Å²) in [5.41, 5.74) is -0.507. The van der Waals surface area contributed by atoms with E-state index in [0.717, 1.165) is 19.4 Å². The van der Waals surface area contributed by atoms with Crippen LogP contribution in [0, 0.1) is 16.7 Å². The van der Waals surface area contributed by atoms with E-state index in [9.17, 15) is 4.79 Å². The normalized spacial score (nSPS) is 49.7. The van der Waals surface area contributed by atoms with E-state index in [1.54, 1.807) is 0 Å². The van der Waals surface area contributed by atoms with E-state index in [1.165, 1.54) is 6.42 Å². The highest BCUT2D eigenvalue weighted by molar-refractivity contribution is 5.88. The summed E-state index contributed by atoms with van der Waals surface area (Å²) >= 11 is 0. The summed E-state index contributed by atoms with van der Waals surface area (Å²) in [5.74, 6) is 0.783. The summed E-state index contributed by atoms with van der Waals surface area (Å²) in [6.45, 7) is 11.5. The molecule has 2 saturated carbocycles. The van der Waals surface area contributed by atoms with Gasteiger partial charge in [-0.25, -0.2) is 0 Å². The molecule has 0 spiro atoms. The van der Waals surface area contributed by atoms with Crippen LogP contribution < -0.4 is 5.32 Å². The molecule has 3 heteroatoms. The predicted octanol–water partition coefficient (Wildman–Crippen LogP) is 2.50. The number of hydrogen-bond donors (Lipinski definition) is 1. The maximum absolute atomic E-state index is 12.7. The monoisotopic (exact) mass is 251 g/mol. The van der Waals surface area contributed by atoms with Gasteiger partial charge >= 0.3 is 0 Å². The Morgan fingerprint density at radius 2 is 2.00 bits per heavy atom. The van der Waals surface area contributed by atoms with Crippen LogP contribution in [-0.2, 0) is 9.53 Å². The summed E-state index contributed by atoms with van der Waals surface area (Å²) in [5, 5.41) is 3.14. The molecular formula is C15H25NO2. The molecule has 0 aromatic rings. The first kappa shape index (κ1) is 12.5. The maximum atomic E-state index is 12.7. The van der Waals surface area contributed by atoms with Crippen LogP contribution in [0.5, 0.6) is 0 Å². The van der Waals surface area contributed by atoms with E-state index in [2.05, 4.69) is 19.2 Å². The molecule has 2 aliphatic carbocycles. The summed E-state index contributed by atoms with van der Waals surface area (Å²) < 4.78 is 6.08. The van der Waals surface area contributed by atoms with Crippen molar-refractivity contribution in [2.75, 3.05) is 6.61 Å². The molecule has 1 saturated heterocycles. The highest BCUT2D eigenvalue weighted by atomic mass is 16.5. The van der Waals surface area contributed by atoms with Gasteiger partial charge in [0.15, 0.2) is 5.60 Å². The van der Waals surface area contributed by atoms with Crippen LogP contribution in [0.25, 0.3) is 0 Å². The highest BCUT2D eigenvalue weighted by Gasteiger charge is 2.78. The van der Waals surface area contributed by atoms with E-state index in [1.807, 2.05) is 20.8 Å². The second-order valence-corrected chi connectivity index (χ2v) is 8.01. The smallest absolute Gasteiger partial charge is 0.253 e. The van der Waals surface area contributed by atoms with Gasteiger partial charge in [-0.1, -0.05) is 13.8 Å². The Hall–Kier alpha value is -0.570. The first-order valence-corrected chi connectivity index (χ1v) is 7.11. The van der Waals surface area contributed by atoms with Gasteiger partial charge in [-0.05, 0) is 46.0 Å². The molecule has 4 unspecified atom stereocenters. The average Bonchev–Trinajstić information content (AvgIpc) is 2.68. The van der Waals surface area contributed by atoms with Crippen LogP contribution in [0.2, 0.25) is 0 Å². The van der Waals surface area contributed by atoms with Crippen LogP contribution >= 0.6 is 0 Å². The minimum absolute atomic E-state index is 0.0278. The fourth-order valence-corrected chi connectivity index (χ4v) is 4.70. The Labute approximate surface area is 110 Å². The Balaban J connectivity index is 1.96. The third kappa shape index (κ3) is 1.17. The van der Waals surface area contributed by atoms with Crippen molar-refractivity contribution in [3.8, 4) is 0 Å². The van der Waals surface area contributed by atoms with Crippen LogP contribution in [0.4, 0.5) is 0 Å². The topological polar surface area (TPSA) is 38.3 Å². The van der Waals surface area contributed by atoms with Crippen molar-refractivity contribution >= 4 is 5.91 Å². The number of carbonyl (C=O) groups is 1. The molecule has 0 aromatic heterocycles. The number of hydrogen-bond acceptors (Lipinski definition) is 2. The Morgan fingerprint density at radius 1 is 1.33 bits per heavy atom. The number of ether oxygens (including phenoxy) is 1. The predicted molar refractivity (Wildman–Crippen MR) is 70.1 cm³/mol. The van der Waals surface area contributed by atoms with Crippen LogP contribution in [0.3, 0.4) is 0 Å². The zero-order valence-electron chi connectivity index (χ0n) is 12.2. The van der Waals surface area contributed by atoms with Gasteiger partial charge in [0.05, 0.1) is 6.61 Å². The lowest BCUT2D eigenvalue weighted by molar-refractivity contribution is -0.157. The lowest BCUT2D eigenvalue weighted by Gasteiger charge is -2.41. The van der Waals surface area contributed by atoms with E-state index in [-0.39, 0.29) is 22.3 Å². The molecule has 18 heavy (non-hydrogen) atoms. The minimum Gasteiger partial charge on any atom is -0.364 e. The first-order chi connectivity index (χ1) is 8.15. The Bertz CT molecular complexity index is 413. The molecule has 3 rings (SSSR count). The molecule has 4 bridgehead atoms. The summed E-state index contributed by atoms with van der Waals surface area (Å²) in [6, 6.07) is 0. The molecule has 0 aromatic carbocycles. The lowest BCUT2D eigenvalue weighted by atomic mass is 9.66. The Kier molecular flexibility index (Phi) is 2.16. The number of amides is 1. The number of nitrogens with one attached hydrogen (secondary N) is 1. The Morgan fingerprint density at radius 3 is 2.50 bits per heavy atom. The van der Waals surface area contributed by atoms with Gasteiger partial charge in [-0.3, -0.25) is 4.79 Å². The molecule has 1 N–H and O–H groups in total. The molecule has 0 radical (unpaired) electrons. The molecular weight excluding hydrogens is 226 g/mol. The van der Waals surface area contributed by atoms with Gasteiger partial charge in [0.1, 0.15) is 0 Å². The molecule has 1 amide bonds. The van der Waals surface area contributed by atoms with E-state index in [4.69, 9.17) is 4.74 Å². The van der Waals surface area contributed by atoms with Gasteiger partial charge in [0.2, 0.25) is 0 Å². The summed E-state index contributed by atoms with van der Waals surface area (Å²) in [4.78, 5) is 12.7. The quantitative estimate of drug-likeness (QED) is 0.777. The number of carbonyl (C=O) groups excluding carboxylic acids is 1. The second kappa shape index (κ2) is 3.12. The number of rotatable bonds is 1. The highest BCUT2D eigenvalue weighted by Crippen LogP contribution is 2.75. The van der Waals surface area contributed by atoms with Crippen molar-refractivity contribution in [1.82, 2.24) is 5.32 Å². The minimum atomic E-state index is -0.558. The summed E-state index contributed by atoms with van der Waals surface area (Å²) in [6.07, 6.45) is 3.31. The fourth-order valence-electron chi connectivity index (χ4n) is 4.70. The third-order valence-electron chi connectivity index (χ3n) is 6.05. The fraction of sp³-hybridized carbons (Fsp3) is 0.933. The molecule has 1 aliphatic heterocycles. The zero-order valence-corrected chi connectivity index (χ0v) is 12.2. The van der Waals surface area contributed by atoms with Crippen molar-refractivity contribution in [2.45, 2.75) is 65.0 Å².